The first-order valence-corrected chi connectivity index (χ1v) is 7.71. The van der Waals surface area contributed by atoms with Gasteiger partial charge in [-0.3, -0.25) is 0 Å². The molecule has 0 radical (unpaired) electrons. The minimum Gasteiger partial charge on any atom is -0.377 e. The molecule has 1 unspecified atom stereocenters. The van der Waals surface area contributed by atoms with E-state index < -0.39 is 0 Å². The maximum atomic E-state index is 5.93. The molecule has 0 amide bonds. The summed E-state index contributed by atoms with van der Waals surface area (Å²) in [5, 5.41) is 3.64. The molecule has 0 saturated heterocycles. The Morgan fingerprint density at radius 1 is 1.00 bits per heavy atom. The quantitative estimate of drug-likeness (QED) is 0.716. The van der Waals surface area contributed by atoms with Crippen LogP contribution in [0.3, 0.4) is 0 Å². The Balaban J connectivity index is 1.50. The summed E-state index contributed by atoms with van der Waals surface area (Å²) in [7, 11) is 0. The van der Waals surface area contributed by atoms with E-state index >= 15 is 0 Å². The highest BCUT2D eigenvalue weighted by Gasteiger charge is 2.20. The molecule has 100 valence electrons. The van der Waals surface area contributed by atoms with Crippen molar-refractivity contribution in [2.75, 3.05) is 13.2 Å². The van der Waals surface area contributed by atoms with E-state index in [1.807, 2.05) is 0 Å². The fourth-order valence-electron chi connectivity index (χ4n) is 3.37. The SMILES string of the molecule is CC(NCCOC1CCCCC1)C1CCCC1. The second-order valence-electron chi connectivity index (χ2n) is 5.92. The Labute approximate surface area is 107 Å². The van der Waals surface area contributed by atoms with Crippen LogP contribution in [0.2, 0.25) is 0 Å². The first-order valence-electron chi connectivity index (χ1n) is 7.71. The molecule has 2 rings (SSSR count). The molecule has 0 aliphatic heterocycles. The number of rotatable bonds is 6. The van der Waals surface area contributed by atoms with Gasteiger partial charge in [0.1, 0.15) is 0 Å². The summed E-state index contributed by atoms with van der Waals surface area (Å²) < 4.78 is 5.93. The average molecular weight is 239 g/mol. The van der Waals surface area contributed by atoms with Crippen LogP contribution < -0.4 is 5.32 Å². The molecule has 1 atom stereocenters. The summed E-state index contributed by atoms with van der Waals surface area (Å²) in [6, 6.07) is 0.687. The lowest BCUT2D eigenvalue weighted by molar-refractivity contribution is 0.0289. The zero-order chi connectivity index (χ0) is 11.9. The highest BCUT2D eigenvalue weighted by atomic mass is 16.5. The Morgan fingerprint density at radius 3 is 2.35 bits per heavy atom. The lowest BCUT2D eigenvalue weighted by Gasteiger charge is -2.24. The monoisotopic (exact) mass is 239 g/mol. The van der Waals surface area contributed by atoms with Crippen LogP contribution >= 0.6 is 0 Å². The lowest BCUT2D eigenvalue weighted by atomic mass is 9.98. The Hall–Kier alpha value is -0.0800. The molecule has 2 nitrogen and oxygen atoms in total. The van der Waals surface area contributed by atoms with Crippen molar-refractivity contribution in [3.8, 4) is 0 Å². The minimum atomic E-state index is 0.562. The van der Waals surface area contributed by atoms with E-state index in [0.29, 0.717) is 12.1 Å². The van der Waals surface area contributed by atoms with Gasteiger partial charge in [0.2, 0.25) is 0 Å². The van der Waals surface area contributed by atoms with E-state index in [0.717, 1.165) is 19.1 Å². The number of ether oxygens (including phenoxy) is 1. The number of nitrogens with one attached hydrogen (secondary N) is 1. The summed E-state index contributed by atoms with van der Waals surface area (Å²) in [5.74, 6) is 0.921. The van der Waals surface area contributed by atoms with Gasteiger partial charge in [0, 0.05) is 12.6 Å². The molecular formula is C15H29NO. The van der Waals surface area contributed by atoms with Gasteiger partial charge in [-0.25, -0.2) is 0 Å². The van der Waals surface area contributed by atoms with Gasteiger partial charge < -0.3 is 10.1 Å². The van der Waals surface area contributed by atoms with Crippen LogP contribution in [-0.4, -0.2) is 25.3 Å². The van der Waals surface area contributed by atoms with Crippen molar-refractivity contribution in [2.24, 2.45) is 5.92 Å². The predicted molar refractivity (Wildman–Crippen MR) is 72.2 cm³/mol. The first-order chi connectivity index (χ1) is 8.36. The molecule has 0 bridgehead atoms. The third-order valence-corrected chi connectivity index (χ3v) is 4.58. The van der Waals surface area contributed by atoms with Gasteiger partial charge in [-0.1, -0.05) is 32.1 Å². The molecule has 1 N–H and O–H groups in total. The maximum Gasteiger partial charge on any atom is 0.0594 e. The topological polar surface area (TPSA) is 21.3 Å². The minimum absolute atomic E-state index is 0.562. The molecule has 2 aliphatic carbocycles. The molecule has 2 saturated carbocycles. The highest BCUT2D eigenvalue weighted by Crippen LogP contribution is 2.27. The fourth-order valence-corrected chi connectivity index (χ4v) is 3.37. The van der Waals surface area contributed by atoms with E-state index in [4.69, 9.17) is 4.74 Å². The molecule has 2 fully saturated rings. The molecule has 0 heterocycles. The Kier molecular flexibility index (Phi) is 5.79. The summed E-state index contributed by atoms with van der Waals surface area (Å²) >= 11 is 0. The van der Waals surface area contributed by atoms with Crippen molar-refractivity contribution < 1.29 is 4.74 Å². The van der Waals surface area contributed by atoms with E-state index in [2.05, 4.69) is 12.2 Å². The predicted octanol–water partition coefficient (Wildman–Crippen LogP) is 3.50. The zero-order valence-electron chi connectivity index (χ0n) is 11.4. The van der Waals surface area contributed by atoms with Crippen LogP contribution in [-0.2, 0) is 4.74 Å². The molecule has 0 aromatic heterocycles. The van der Waals surface area contributed by atoms with Crippen LogP contribution in [0.4, 0.5) is 0 Å². The van der Waals surface area contributed by atoms with Crippen LogP contribution in [0.25, 0.3) is 0 Å². The number of hydrogen-bond acceptors (Lipinski definition) is 2. The van der Waals surface area contributed by atoms with Crippen molar-refractivity contribution >= 4 is 0 Å². The van der Waals surface area contributed by atoms with Crippen molar-refractivity contribution in [3.63, 3.8) is 0 Å². The molecule has 0 aromatic carbocycles. The van der Waals surface area contributed by atoms with E-state index in [9.17, 15) is 0 Å². The van der Waals surface area contributed by atoms with E-state index in [1.165, 1.54) is 57.8 Å². The second kappa shape index (κ2) is 7.38. The summed E-state index contributed by atoms with van der Waals surface area (Å²) in [6.45, 7) is 4.28. The Bertz CT molecular complexity index is 195. The number of hydrogen-bond donors (Lipinski definition) is 1. The molecule has 2 heteroatoms. The second-order valence-corrected chi connectivity index (χ2v) is 5.92. The lowest BCUT2D eigenvalue weighted by Crippen LogP contribution is -2.35. The Morgan fingerprint density at radius 2 is 1.65 bits per heavy atom. The van der Waals surface area contributed by atoms with Gasteiger partial charge in [0.05, 0.1) is 12.7 Å². The van der Waals surface area contributed by atoms with Crippen LogP contribution in [0, 0.1) is 5.92 Å². The zero-order valence-corrected chi connectivity index (χ0v) is 11.4. The first kappa shape index (κ1) is 13.4. The average Bonchev–Trinajstić information content (AvgIpc) is 2.89. The van der Waals surface area contributed by atoms with Gasteiger partial charge in [0.25, 0.3) is 0 Å². The van der Waals surface area contributed by atoms with Crippen molar-refractivity contribution in [3.05, 3.63) is 0 Å². The highest BCUT2D eigenvalue weighted by molar-refractivity contribution is 4.77. The van der Waals surface area contributed by atoms with Gasteiger partial charge in [0.15, 0.2) is 0 Å². The largest absolute Gasteiger partial charge is 0.377 e. The van der Waals surface area contributed by atoms with Gasteiger partial charge >= 0.3 is 0 Å². The summed E-state index contributed by atoms with van der Waals surface area (Å²) in [4.78, 5) is 0. The molecule has 0 aromatic rings. The fraction of sp³-hybridized carbons (Fsp3) is 1.00. The van der Waals surface area contributed by atoms with E-state index in [1.54, 1.807) is 0 Å². The maximum absolute atomic E-state index is 5.93. The van der Waals surface area contributed by atoms with E-state index in [-0.39, 0.29) is 0 Å². The summed E-state index contributed by atoms with van der Waals surface area (Å²) in [6.07, 6.45) is 13.0. The normalized spacial score (nSPS) is 25.2. The van der Waals surface area contributed by atoms with Crippen molar-refractivity contribution in [1.29, 1.82) is 0 Å². The van der Waals surface area contributed by atoms with Gasteiger partial charge in [-0.15, -0.1) is 0 Å². The van der Waals surface area contributed by atoms with Gasteiger partial charge in [-0.2, -0.15) is 0 Å². The molecule has 17 heavy (non-hydrogen) atoms. The molecule has 2 aliphatic rings. The summed E-state index contributed by atoms with van der Waals surface area (Å²) in [5.41, 5.74) is 0. The standard InChI is InChI=1S/C15H29NO/c1-13(14-7-5-6-8-14)16-11-12-17-15-9-3-2-4-10-15/h13-16H,2-12H2,1H3. The third kappa shape index (κ3) is 4.59. The third-order valence-electron chi connectivity index (χ3n) is 4.58. The van der Waals surface area contributed by atoms with Crippen molar-refractivity contribution in [2.45, 2.75) is 76.9 Å². The molecular weight excluding hydrogens is 210 g/mol. The van der Waals surface area contributed by atoms with Crippen LogP contribution in [0.1, 0.15) is 64.7 Å². The van der Waals surface area contributed by atoms with Crippen molar-refractivity contribution in [1.82, 2.24) is 5.32 Å². The molecule has 0 spiro atoms. The van der Waals surface area contributed by atoms with Crippen LogP contribution in [0.5, 0.6) is 0 Å². The smallest absolute Gasteiger partial charge is 0.0594 e. The van der Waals surface area contributed by atoms with Crippen LogP contribution in [0.15, 0.2) is 0 Å². The van der Waals surface area contributed by atoms with Gasteiger partial charge in [-0.05, 0) is 38.5 Å².